The minimum absolute atomic E-state index is 0.0906. The van der Waals surface area contributed by atoms with E-state index in [4.69, 9.17) is 0 Å². The van der Waals surface area contributed by atoms with E-state index in [1.165, 1.54) is 23.9 Å². The van der Waals surface area contributed by atoms with Gasteiger partial charge in [-0.1, -0.05) is 18.2 Å². The van der Waals surface area contributed by atoms with Crippen LogP contribution in [0.25, 0.3) is 0 Å². The molecule has 0 aliphatic carbocycles. The number of halogens is 3. The van der Waals surface area contributed by atoms with Gasteiger partial charge in [0.05, 0.1) is 5.75 Å². The molecule has 0 fully saturated rings. The molecule has 110 valence electrons. The van der Waals surface area contributed by atoms with Gasteiger partial charge in [0.15, 0.2) is 11.6 Å². The smallest absolute Gasteiger partial charge is 0.234 e. The van der Waals surface area contributed by atoms with Gasteiger partial charge in [-0.25, -0.2) is 13.2 Å². The average Bonchev–Trinajstić information content (AvgIpc) is 2.45. The molecule has 0 saturated heterocycles. The van der Waals surface area contributed by atoms with Gasteiger partial charge in [0.25, 0.3) is 0 Å². The van der Waals surface area contributed by atoms with E-state index in [1.54, 1.807) is 18.2 Å². The highest BCUT2D eigenvalue weighted by atomic mass is 32.2. The summed E-state index contributed by atoms with van der Waals surface area (Å²) in [5.74, 6) is -2.22. The molecule has 0 saturated carbocycles. The number of nitrogens with one attached hydrogen (secondary N) is 1. The predicted octanol–water partition coefficient (Wildman–Crippen LogP) is 3.98. The first-order valence-electron chi connectivity index (χ1n) is 6.12. The second-order valence-electron chi connectivity index (χ2n) is 4.26. The number of hydrogen-bond donors (Lipinski definition) is 1. The van der Waals surface area contributed by atoms with Crippen LogP contribution in [0.5, 0.6) is 0 Å². The Balaban J connectivity index is 1.82. The maximum atomic E-state index is 13.4. The van der Waals surface area contributed by atoms with E-state index in [1.807, 2.05) is 0 Å². The molecule has 2 aromatic carbocycles. The molecule has 2 nitrogen and oxygen atoms in total. The van der Waals surface area contributed by atoms with Gasteiger partial charge >= 0.3 is 0 Å². The zero-order valence-corrected chi connectivity index (χ0v) is 11.7. The van der Waals surface area contributed by atoms with E-state index in [0.29, 0.717) is 11.3 Å². The second kappa shape index (κ2) is 7.17. The summed E-state index contributed by atoms with van der Waals surface area (Å²) >= 11 is 1.24. The minimum Gasteiger partial charge on any atom is -0.325 e. The lowest BCUT2D eigenvalue weighted by atomic mass is 10.2. The van der Waals surface area contributed by atoms with Gasteiger partial charge in [-0.05, 0) is 23.8 Å². The van der Waals surface area contributed by atoms with Crippen molar-refractivity contribution in [3.8, 4) is 0 Å². The molecule has 0 bridgehead atoms. The molecule has 0 aromatic heterocycles. The summed E-state index contributed by atoms with van der Waals surface area (Å²) in [5.41, 5.74) is 0.702. The molecule has 1 amide bonds. The molecule has 0 unspecified atom stereocenters. The largest absolute Gasteiger partial charge is 0.325 e. The van der Waals surface area contributed by atoms with E-state index in [0.717, 1.165) is 12.1 Å². The Labute approximate surface area is 124 Å². The van der Waals surface area contributed by atoms with E-state index < -0.39 is 11.6 Å². The van der Waals surface area contributed by atoms with Crippen LogP contribution in [0.1, 0.15) is 5.56 Å². The highest BCUT2D eigenvalue weighted by Gasteiger charge is 2.07. The van der Waals surface area contributed by atoms with Crippen LogP contribution in [-0.2, 0) is 10.5 Å². The Morgan fingerprint density at radius 3 is 2.48 bits per heavy atom. The van der Waals surface area contributed by atoms with Crippen LogP contribution >= 0.6 is 11.8 Å². The number of anilines is 1. The van der Waals surface area contributed by atoms with Gasteiger partial charge in [-0.15, -0.1) is 11.8 Å². The number of thioether (sulfide) groups is 1. The highest BCUT2D eigenvalue weighted by molar-refractivity contribution is 7.99. The van der Waals surface area contributed by atoms with Crippen molar-refractivity contribution in [2.24, 2.45) is 0 Å². The van der Waals surface area contributed by atoms with Crippen LogP contribution in [0, 0.1) is 17.5 Å². The number of rotatable bonds is 5. The van der Waals surface area contributed by atoms with Crippen molar-refractivity contribution < 1.29 is 18.0 Å². The molecule has 2 aromatic rings. The summed E-state index contributed by atoms with van der Waals surface area (Å²) < 4.78 is 39.1. The number of benzene rings is 2. The Kier molecular flexibility index (Phi) is 5.27. The van der Waals surface area contributed by atoms with Gasteiger partial charge < -0.3 is 5.32 Å². The maximum Gasteiger partial charge on any atom is 0.234 e. The minimum atomic E-state index is -1.02. The molecule has 0 aliphatic rings. The van der Waals surface area contributed by atoms with Gasteiger partial charge in [0.2, 0.25) is 5.91 Å². The van der Waals surface area contributed by atoms with E-state index in [-0.39, 0.29) is 23.2 Å². The summed E-state index contributed by atoms with van der Waals surface area (Å²) in [6.45, 7) is 0. The zero-order valence-electron chi connectivity index (χ0n) is 10.9. The van der Waals surface area contributed by atoms with Crippen LogP contribution < -0.4 is 5.32 Å². The molecule has 1 N–H and O–H groups in total. The summed E-state index contributed by atoms with van der Waals surface area (Å²) in [6, 6.07) is 9.45. The molecule has 6 heteroatoms. The molecule has 21 heavy (non-hydrogen) atoms. The topological polar surface area (TPSA) is 29.1 Å². The fourth-order valence-corrected chi connectivity index (χ4v) is 2.45. The van der Waals surface area contributed by atoms with Crippen molar-refractivity contribution in [1.82, 2.24) is 0 Å². The van der Waals surface area contributed by atoms with Crippen molar-refractivity contribution in [1.29, 1.82) is 0 Å². The van der Waals surface area contributed by atoms with Crippen LogP contribution in [-0.4, -0.2) is 11.7 Å². The number of amides is 1. The summed E-state index contributed by atoms with van der Waals surface area (Å²) in [7, 11) is 0. The highest BCUT2D eigenvalue weighted by Crippen LogP contribution is 2.17. The molecular formula is C15H12F3NOS. The van der Waals surface area contributed by atoms with Crippen LogP contribution in [0.4, 0.5) is 18.9 Å². The lowest BCUT2D eigenvalue weighted by Gasteiger charge is -2.06. The molecule has 0 heterocycles. The lowest BCUT2D eigenvalue weighted by molar-refractivity contribution is -0.113. The Morgan fingerprint density at radius 1 is 1.00 bits per heavy atom. The quantitative estimate of drug-likeness (QED) is 0.905. The van der Waals surface area contributed by atoms with Crippen LogP contribution in [0.2, 0.25) is 0 Å². The van der Waals surface area contributed by atoms with Gasteiger partial charge in [-0.3, -0.25) is 4.79 Å². The summed E-state index contributed by atoms with van der Waals surface area (Å²) in [5, 5.41) is 2.45. The monoisotopic (exact) mass is 311 g/mol. The van der Waals surface area contributed by atoms with Crippen molar-refractivity contribution in [3.05, 3.63) is 65.5 Å². The van der Waals surface area contributed by atoms with Crippen LogP contribution in [0.3, 0.4) is 0 Å². The van der Waals surface area contributed by atoms with E-state index >= 15 is 0 Å². The summed E-state index contributed by atoms with van der Waals surface area (Å²) in [6.07, 6.45) is 0. The van der Waals surface area contributed by atoms with Crippen molar-refractivity contribution in [2.45, 2.75) is 5.75 Å². The van der Waals surface area contributed by atoms with Crippen LogP contribution in [0.15, 0.2) is 42.5 Å². The van der Waals surface area contributed by atoms with Crippen molar-refractivity contribution in [3.63, 3.8) is 0 Å². The first-order valence-corrected chi connectivity index (χ1v) is 7.28. The predicted molar refractivity (Wildman–Crippen MR) is 77.5 cm³/mol. The fourth-order valence-electron chi connectivity index (χ4n) is 1.64. The van der Waals surface area contributed by atoms with E-state index in [2.05, 4.69) is 5.32 Å². The first-order chi connectivity index (χ1) is 10.1. The molecular weight excluding hydrogens is 299 g/mol. The number of carbonyl (C=O) groups excluding carboxylic acids is 1. The normalized spacial score (nSPS) is 10.4. The molecule has 0 radical (unpaired) electrons. The molecule has 2 rings (SSSR count). The lowest BCUT2D eigenvalue weighted by Crippen LogP contribution is -2.14. The second-order valence-corrected chi connectivity index (χ2v) is 5.25. The van der Waals surface area contributed by atoms with Gasteiger partial charge in [0.1, 0.15) is 5.82 Å². The molecule has 0 atom stereocenters. The number of carbonyl (C=O) groups is 1. The van der Waals surface area contributed by atoms with E-state index in [9.17, 15) is 18.0 Å². The SMILES string of the molecule is O=C(CSCc1ccccc1F)Nc1ccc(F)c(F)c1. The molecule has 0 spiro atoms. The third kappa shape index (κ3) is 4.53. The Bertz CT molecular complexity index is 649. The Hall–Kier alpha value is -1.95. The third-order valence-electron chi connectivity index (χ3n) is 2.65. The average molecular weight is 311 g/mol. The van der Waals surface area contributed by atoms with Gasteiger partial charge in [-0.2, -0.15) is 0 Å². The first kappa shape index (κ1) is 15.4. The Morgan fingerprint density at radius 2 is 1.76 bits per heavy atom. The van der Waals surface area contributed by atoms with Gasteiger partial charge in [0, 0.05) is 17.5 Å². The third-order valence-corrected chi connectivity index (χ3v) is 3.63. The van der Waals surface area contributed by atoms with Crippen molar-refractivity contribution >= 4 is 23.4 Å². The summed E-state index contributed by atoms with van der Waals surface area (Å²) in [4.78, 5) is 11.6. The zero-order chi connectivity index (χ0) is 15.2. The standard InChI is InChI=1S/C15H12F3NOS/c16-12-4-2-1-3-10(12)8-21-9-15(20)19-11-5-6-13(17)14(18)7-11/h1-7H,8-9H2,(H,19,20). The van der Waals surface area contributed by atoms with Crippen molar-refractivity contribution in [2.75, 3.05) is 11.1 Å². The maximum absolute atomic E-state index is 13.4. The fraction of sp³-hybridized carbons (Fsp3) is 0.133. The number of hydrogen-bond acceptors (Lipinski definition) is 2. The molecule has 0 aliphatic heterocycles.